The highest BCUT2D eigenvalue weighted by molar-refractivity contribution is 6.00. The second kappa shape index (κ2) is 5.77. The molecule has 1 saturated heterocycles. The molecule has 1 unspecified atom stereocenters. The van der Waals surface area contributed by atoms with Crippen molar-refractivity contribution in [1.82, 2.24) is 15.1 Å². The van der Waals surface area contributed by atoms with E-state index in [2.05, 4.69) is 5.32 Å². The zero-order valence-electron chi connectivity index (χ0n) is 10.5. The van der Waals surface area contributed by atoms with Gasteiger partial charge in [0.15, 0.2) is 0 Å². The van der Waals surface area contributed by atoms with Crippen molar-refractivity contribution in [3.8, 4) is 0 Å². The molecular formula is C11H19N3O3. The van der Waals surface area contributed by atoms with E-state index in [1.54, 1.807) is 14.1 Å². The first-order chi connectivity index (χ1) is 7.93. The predicted molar refractivity (Wildman–Crippen MR) is 62.1 cm³/mol. The van der Waals surface area contributed by atoms with Crippen LogP contribution in [-0.2, 0) is 14.4 Å². The highest BCUT2D eigenvalue weighted by atomic mass is 16.2. The highest BCUT2D eigenvalue weighted by Crippen LogP contribution is 2.11. The van der Waals surface area contributed by atoms with E-state index in [0.717, 1.165) is 4.90 Å². The maximum absolute atomic E-state index is 11.7. The van der Waals surface area contributed by atoms with E-state index in [0.29, 0.717) is 25.8 Å². The molecule has 0 saturated carbocycles. The molecule has 0 aromatic rings. The van der Waals surface area contributed by atoms with Crippen molar-refractivity contribution in [3.63, 3.8) is 0 Å². The topological polar surface area (TPSA) is 69.7 Å². The molecule has 6 nitrogen and oxygen atoms in total. The van der Waals surface area contributed by atoms with Gasteiger partial charge in [-0.1, -0.05) is 0 Å². The fourth-order valence-corrected chi connectivity index (χ4v) is 1.68. The van der Waals surface area contributed by atoms with Gasteiger partial charge >= 0.3 is 0 Å². The molecule has 0 aromatic carbocycles. The smallest absolute Gasteiger partial charge is 0.246 e. The van der Waals surface area contributed by atoms with E-state index in [4.69, 9.17) is 0 Å². The lowest BCUT2D eigenvalue weighted by atomic mass is 10.0. The monoisotopic (exact) mass is 241 g/mol. The minimum atomic E-state index is -0.340. The number of likely N-dealkylation sites (tertiary alicyclic amines) is 1. The quantitative estimate of drug-likeness (QED) is 0.654. The molecule has 6 heteroatoms. The molecule has 1 rings (SSSR count). The van der Waals surface area contributed by atoms with Crippen LogP contribution in [0.2, 0.25) is 0 Å². The summed E-state index contributed by atoms with van der Waals surface area (Å²) in [5, 5.41) is 3.02. The average Bonchev–Trinajstić information content (AvgIpc) is 2.28. The Labute approximate surface area is 101 Å². The normalized spacial score (nSPS) is 20.6. The van der Waals surface area contributed by atoms with Crippen LogP contribution in [0.3, 0.4) is 0 Å². The maximum atomic E-state index is 11.7. The molecule has 0 bridgehead atoms. The Hall–Kier alpha value is -1.43. The summed E-state index contributed by atoms with van der Waals surface area (Å²) in [5.41, 5.74) is 0. The largest absolute Gasteiger partial charge is 0.349 e. The third-order valence-corrected chi connectivity index (χ3v) is 2.88. The summed E-state index contributed by atoms with van der Waals surface area (Å²) in [6, 6.07) is -0.340. The van der Waals surface area contributed by atoms with Crippen LogP contribution in [0.25, 0.3) is 0 Å². The number of carbonyl (C=O) groups excluding carboxylic acids is 3. The van der Waals surface area contributed by atoms with Crippen LogP contribution >= 0.6 is 0 Å². The lowest BCUT2D eigenvalue weighted by molar-refractivity contribution is -0.148. The Morgan fingerprint density at radius 1 is 1.47 bits per heavy atom. The summed E-state index contributed by atoms with van der Waals surface area (Å²) < 4.78 is 0. The van der Waals surface area contributed by atoms with E-state index >= 15 is 0 Å². The molecule has 17 heavy (non-hydrogen) atoms. The molecule has 1 aliphatic rings. The van der Waals surface area contributed by atoms with Crippen molar-refractivity contribution in [2.45, 2.75) is 25.3 Å². The molecule has 0 radical (unpaired) electrons. The van der Waals surface area contributed by atoms with Crippen molar-refractivity contribution >= 4 is 17.7 Å². The summed E-state index contributed by atoms with van der Waals surface area (Å²) in [6.07, 6.45) is 1.24. The first-order valence-electron chi connectivity index (χ1n) is 5.67. The van der Waals surface area contributed by atoms with Gasteiger partial charge in [-0.2, -0.15) is 0 Å². The molecule has 1 fully saturated rings. The minimum absolute atomic E-state index is 0.0187. The molecule has 1 atom stereocenters. The number of imide groups is 1. The van der Waals surface area contributed by atoms with Crippen LogP contribution in [0.1, 0.15) is 19.3 Å². The van der Waals surface area contributed by atoms with Crippen LogP contribution in [-0.4, -0.2) is 61.3 Å². The standard InChI is InChI=1S/C11H19N3O3/c1-13(2)9(15)6-7-12-8-4-5-10(16)14(3)11(8)17/h8,12H,4-7H2,1-3H3. The van der Waals surface area contributed by atoms with Crippen molar-refractivity contribution < 1.29 is 14.4 Å². The van der Waals surface area contributed by atoms with Crippen LogP contribution in [0.5, 0.6) is 0 Å². The summed E-state index contributed by atoms with van der Waals surface area (Å²) in [7, 11) is 4.88. The third kappa shape index (κ3) is 3.52. The summed E-state index contributed by atoms with van der Waals surface area (Å²) in [6.45, 7) is 0.454. The Morgan fingerprint density at radius 2 is 2.12 bits per heavy atom. The fourth-order valence-electron chi connectivity index (χ4n) is 1.68. The van der Waals surface area contributed by atoms with Crippen LogP contribution in [0.15, 0.2) is 0 Å². The lowest BCUT2D eigenvalue weighted by Crippen LogP contribution is -2.51. The van der Waals surface area contributed by atoms with Crippen LogP contribution < -0.4 is 5.32 Å². The van der Waals surface area contributed by atoms with Gasteiger partial charge in [0.25, 0.3) is 0 Å². The summed E-state index contributed by atoms with van der Waals surface area (Å²) >= 11 is 0. The van der Waals surface area contributed by atoms with E-state index in [1.807, 2.05) is 0 Å². The minimum Gasteiger partial charge on any atom is -0.349 e. The van der Waals surface area contributed by atoms with E-state index < -0.39 is 0 Å². The maximum Gasteiger partial charge on any atom is 0.246 e. The number of nitrogens with one attached hydrogen (secondary N) is 1. The molecular weight excluding hydrogens is 222 g/mol. The number of hydrogen-bond acceptors (Lipinski definition) is 4. The Kier molecular flexibility index (Phi) is 4.62. The number of likely N-dealkylation sites (N-methyl/N-ethyl adjacent to an activating group) is 1. The number of hydrogen-bond donors (Lipinski definition) is 1. The van der Waals surface area contributed by atoms with E-state index in [1.165, 1.54) is 11.9 Å². The highest BCUT2D eigenvalue weighted by Gasteiger charge is 2.31. The van der Waals surface area contributed by atoms with Crippen LogP contribution in [0, 0.1) is 0 Å². The van der Waals surface area contributed by atoms with E-state index in [-0.39, 0.29) is 23.8 Å². The second-order valence-corrected chi connectivity index (χ2v) is 4.37. The Balaban J connectivity index is 2.35. The zero-order valence-corrected chi connectivity index (χ0v) is 10.5. The molecule has 96 valence electrons. The van der Waals surface area contributed by atoms with Gasteiger partial charge in [0.1, 0.15) is 0 Å². The van der Waals surface area contributed by atoms with Crippen LogP contribution in [0.4, 0.5) is 0 Å². The van der Waals surface area contributed by atoms with Crippen molar-refractivity contribution in [2.75, 3.05) is 27.7 Å². The second-order valence-electron chi connectivity index (χ2n) is 4.37. The first kappa shape index (κ1) is 13.6. The molecule has 1 N–H and O–H groups in total. The zero-order chi connectivity index (χ0) is 13.0. The van der Waals surface area contributed by atoms with Gasteiger partial charge in [0.2, 0.25) is 17.7 Å². The summed E-state index contributed by atoms with van der Waals surface area (Å²) in [5.74, 6) is -0.332. The molecule has 0 aliphatic carbocycles. The van der Waals surface area contributed by atoms with Gasteiger partial charge in [-0.3, -0.25) is 19.3 Å². The number of amides is 3. The average molecular weight is 241 g/mol. The SMILES string of the molecule is CN(C)C(=O)CCNC1CCC(=O)N(C)C1=O. The first-order valence-corrected chi connectivity index (χ1v) is 5.67. The summed E-state index contributed by atoms with van der Waals surface area (Å²) in [4.78, 5) is 36.9. The van der Waals surface area contributed by atoms with Crippen molar-refractivity contribution in [3.05, 3.63) is 0 Å². The van der Waals surface area contributed by atoms with Crippen molar-refractivity contribution in [2.24, 2.45) is 0 Å². The van der Waals surface area contributed by atoms with Gasteiger partial charge in [0, 0.05) is 40.5 Å². The molecule has 3 amide bonds. The van der Waals surface area contributed by atoms with Gasteiger partial charge in [-0.25, -0.2) is 0 Å². The number of rotatable bonds is 4. The number of carbonyl (C=O) groups is 3. The molecule has 1 aliphatic heterocycles. The number of piperidine rings is 1. The molecule has 1 heterocycles. The Morgan fingerprint density at radius 3 is 2.71 bits per heavy atom. The van der Waals surface area contributed by atoms with Gasteiger partial charge in [0.05, 0.1) is 6.04 Å². The number of nitrogens with zero attached hydrogens (tertiary/aromatic N) is 2. The Bertz CT molecular complexity index is 328. The van der Waals surface area contributed by atoms with Gasteiger partial charge in [-0.05, 0) is 6.42 Å². The fraction of sp³-hybridized carbons (Fsp3) is 0.727. The molecule has 0 spiro atoms. The third-order valence-electron chi connectivity index (χ3n) is 2.88. The van der Waals surface area contributed by atoms with Gasteiger partial charge in [-0.15, -0.1) is 0 Å². The van der Waals surface area contributed by atoms with Crippen molar-refractivity contribution in [1.29, 1.82) is 0 Å². The lowest BCUT2D eigenvalue weighted by Gasteiger charge is -2.28. The molecule has 0 aromatic heterocycles. The predicted octanol–water partition coefficient (Wildman–Crippen LogP) is -0.798. The van der Waals surface area contributed by atoms with Gasteiger partial charge < -0.3 is 10.2 Å². The van der Waals surface area contributed by atoms with E-state index in [9.17, 15) is 14.4 Å².